The summed E-state index contributed by atoms with van der Waals surface area (Å²) in [5, 5.41) is 17.2. The number of nitrogens with zero attached hydrogens (tertiary/aromatic N) is 3. The van der Waals surface area contributed by atoms with Crippen LogP contribution in [-0.4, -0.2) is 127 Å². The first-order valence-electron chi connectivity index (χ1n) is 42.6. The van der Waals surface area contributed by atoms with Gasteiger partial charge in [-0.15, -0.1) is 0 Å². The molecule has 113 heavy (non-hydrogen) atoms. The molecular formula is C96H121F2N3O12. The Labute approximate surface area is 668 Å². The largest absolute Gasteiger partial charge is 0.490 e. The van der Waals surface area contributed by atoms with Crippen LogP contribution in [0.15, 0.2) is 133 Å². The molecule has 15 nitrogen and oxygen atoms in total. The minimum atomic E-state index is -2.60. The smallest absolute Gasteiger partial charge is 0.309 e. The zero-order valence-electron chi connectivity index (χ0n) is 67.7. The summed E-state index contributed by atoms with van der Waals surface area (Å²) in [6.45, 7) is 21.5. The maximum Gasteiger partial charge on any atom is 0.309 e. The standard InChI is InChI=1S/C27H35NO4.C26H35NO3.C25H31F2NO3.C18H20O2/c1-3-31-27(30)21-12-14-28(15-13-21)17-20-6-10-24-22(16-20)7-11-26(25(24)18-29)32-23-8-4-19(2)5-9-23;1-3-29-26(28)21-12-14-27(15-13-21)18-20-6-7-23-17-25(11-8-22(23)16-20)30-24-9-4-19(2)5-10-24;1-16-2-6-20(7-3-16)31-22-9-5-19-14-17(4-8-21(19)23(22)24(26)27)15-28-12-10-18(11-13-28)25(29)30;1-13-2-7-17(8-3-13)20-18-9-6-15-10-14(12-19)4-5-16(15)11-18/h6-7,10-11,16,18-19,21,23H,3-5,8-9,12-15,17H2,1-2H3;6-8,11,16-17,19,21,24H,3-5,9-10,12-15,18H2,1-2H3;4-5,8-9,14,16,18,20,24H,2-3,6-7,10-13,15H2,1H3,(H,29,30);4-6,9-13,17H,2-3,7-8H2,1H3. The number of carbonyl (C=O) groups is 5. The lowest BCUT2D eigenvalue weighted by molar-refractivity contribution is -0.150. The zero-order valence-corrected chi connectivity index (χ0v) is 67.7. The molecule has 7 fully saturated rings. The number of piperidine rings is 3. The molecule has 8 aromatic rings. The van der Waals surface area contributed by atoms with E-state index in [0.29, 0.717) is 78.7 Å². The molecule has 0 bridgehead atoms. The Bertz CT molecular complexity index is 4440. The number of hydrogen-bond acceptors (Lipinski definition) is 14. The summed E-state index contributed by atoms with van der Waals surface area (Å²) in [5.41, 5.74) is 4.96. The van der Waals surface area contributed by atoms with Gasteiger partial charge in [0, 0.05) is 25.2 Å². The Morgan fingerprint density at radius 2 is 0.735 bits per heavy atom. The van der Waals surface area contributed by atoms with E-state index in [4.69, 9.17) is 33.5 Å². The summed E-state index contributed by atoms with van der Waals surface area (Å²) < 4.78 is 63.0. The number of benzene rings is 8. The van der Waals surface area contributed by atoms with Gasteiger partial charge >= 0.3 is 17.9 Å². The highest BCUT2D eigenvalue weighted by atomic mass is 19.3. The van der Waals surface area contributed by atoms with E-state index in [2.05, 4.69) is 109 Å². The van der Waals surface area contributed by atoms with E-state index in [1.54, 1.807) is 12.1 Å². The fraction of sp³-hybridized carbons (Fsp3) is 0.531. The third-order valence-electron chi connectivity index (χ3n) is 25.0. The van der Waals surface area contributed by atoms with Crippen LogP contribution in [0.4, 0.5) is 8.78 Å². The second-order valence-corrected chi connectivity index (χ2v) is 33.7. The monoisotopic (exact) mass is 1550 g/mol. The van der Waals surface area contributed by atoms with E-state index in [-0.39, 0.29) is 47.5 Å². The maximum absolute atomic E-state index is 14.0. The molecule has 17 heteroatoms. The minimum absolute atomic E-state index is 0.00931. The Morgan fingerprint density at radius 3 is 1.15 bits per heavy atom. The van der Waals surface area contributed by atoms with Crippen LogP contribution in [0, 0.1) is 41.4 Å². The number of hydrogen-bond donors (Lipinski definition) is 1. The number of rotatable bonds is 22. The Balaban J connectivity index is 0.000000141. The van der Waals surface area contributed by atoms with Crippen LogP contribution in [0.5, 0.6) is 23.0 Å². The van der Waals surface area contributed by atoms with Crippen molar-refractivity contribution in [1.29, 1.82) is 0 Å². The van der Waals surface area contributed by atoms with Crippen LogP contribution in [0.25, 0.3) is 43.1 Å². The van der Waals surface area contributed by atoms with Crippen molar-refractivity contribution in [3.63, 3.8) is 0 Å². The van der Waals surface area contributed by atoms with Gasteiger partial charge in [0.05, 0.1) is 66.5 Å². The van der Waals surface area contributed by atoms with Gasteiger partial charge in [-0.05, 0) is 338 Å². The topological polar surface area (TPSA) is 171 Å². The Morgan fingerprint density at radius 1 is 0.389 bits per heavy atom. The van der Waals surface area contributed by atoms with E-state index in [0.717, 1.165) is 204 Å². The van der Waals surface area contributed by atoms with Gasteiger partial charge in [0.2, 0.25) is 0 Å². The predicted octanol–water partition coefficient (Wildman–Crippen LogP) is 21.6. The Kier molecular flexibility index (Phi) is 30.6. The van der Waals surface area contributed by atoms with E-state index < -0.39 is 12.4 Å². The fourth-order valence-electron chi connectivity index (χ4n) is 17.8. The van der Waals surface area contributed by atoms with Gasteiger partial charge in [0.1, 0.15) is 29.3 Å². The minimum Gasteiger partial charge on any atom is -0.490 e. The number of likely N-dealkylation sites (tertiary alicyclic amines) is 3. The number of aliphatic carboxylic acids is 1. The molecule has 3 aliphatic heterocycles. The predicted molar refractivity (Wildman–Crippen MR) is 445 cm³/mol. The van der Waals surface area contributed by atoms with E-state index in [1.807, 2.05) is 68.4 Å². The Hall–Kier alpha value is -8.51. The van der Waals surface area contributed by atoms with Crippen molar-refractivity contribution < 1.29 is 66.3 Å². The number of aldehydes is 2. The number of carbonyl (C=O) groups excluding carboxylic acids is 4. The molecule has 4 saturated carbocycles. The SMILES string of the molecule is CC1CCC(Oc2ccc3cc(C=O)ccc3c2)CC1.CC1CCC(Oc2ccc3cc(CN4CCC(C(=O)O)CC4)ccc3c2C(F)F)CC1.CCOC(=O)C1CCN(Cc2ccc3c(C=O)c(OC4CCC(C)CC4)ccc3c2)CC1.CCOC(=O)C1CCN(Cc2ccc3cc(OC4CCC(C)CC4)ccc3c2)CC1. The maximum atomic E-state index is 14.0. The average molecular weight is 1550 g/mol. The summed E-state index contributed by atoms with van der Waals surface area (Å²) in [4.78, 5) is 64.8. The highest BCUT2D eigenvalue weighted by Gasteiger charge is 2.31. The normalized spacial score (nSPS) is 23.0. The van der Waals surface area contributed by atoms with Gasteiger partial charge in [-0.1, -0.05) is 100 Å². The second kappa shape index (κ2) is 41.2. The van der Waals surface area contributed by atoms with Gasteiger partial charge in [0.15, 0.2) is 6.29 Å². The molecule has 4 aliphatic carbocycles. The van der Waals surface area contributed by atoms with Crippen LogP contribution < -0.4 is 18.9 Å². The summed E-state index contributed by atoms with van der Waals surface area (Å²) in [6.07, 6.45) is 23.2. The number of fused-ring (bicyclic) bond motifs is 4. The zero-order chi connectivity index (χ0) is 79.3. The molecule has 8 aromatic carbocycles. The lowest BCUT2D eigenvalue weighted by Crippen LogP contribution is -2.36. The molecule has 0 radical (unpaired) electrons. The number of ether oxygens (including phenoxy) is 6. The van der Waals surface area contributed by atoms with E-state index in [9.17, 15) is 32.8 Å². The summed E-state index contributed by atoms with van der Waals surface area (Å²) in [6, 6.07) is 44.7. The van der Waals surface area contributed by atoms with E-state index in [1.165, 1.54) is 73.3 Å². The third kappa shape index (κ3) is 23.8. The molecule has 0 unspecified atom stereocenters. The van der Waals surface area contributed by atoms with Gasteiger partial charge in [0.25, 0.3) is 6.43 Å². The number of alkyl halides is 2. The molecule has 0 spiro atoms. The van der Waals surface area contributed by atoms with E-state index >= 15 is 0 Å². The first kappa shape index (κ1) is 83.9. The van der Waals surface area contributed by atoms with Crippen molar-refractivity contribution >= 4 is 73.6 Å². The molecule has 0 atom stereocenters. The van der Waals surface area contributed by atoms with Gasteiger partial charge < -0.3 is 33.5 Å². The fourth-order valence-corrected chi connectivity index (χ4v) is 17.8. The van der Waals surface area contributed by atoms with Gasteiger partial charge in [-0.2, -0.15) is 0 Å². The average Bonchev–Trinajstić information content (AvgIpc) is 0.812. The van der Waals surface area contributed by atoms with Crippen LogP contribution in [0.3, 0.4) is 0 Å². The highest BCUT2D eigenvalue weighted by Crippen LogP contribution is 2.41. The summed E-state index contributed by atoms with van der Waals surface area (Å²) >= 11 is 0. The lowest BCUT2D eigenvalue weighted by atomic mass is 9.89. The number of halogens is 2. The van der Waals surface area contributed by atoms with Crippen molar-refractivity contribution in [3.8, 4) is 23.0 Å². The van der Waals surface area contributed by atoms with Crippen molar-refractivity contribution in [3.05, 3.63) is 167 Å². The first-order valence-corrected chi connectivity index (χ1v) is 42.6. The third-order valence-corrected chi connectivity index (χ3v) is 25.0. The molecule has 606 valence electrons. The van der Waals surface area contributed by atoms with Crippen molar-refractivity contribution in [1.82, 2.24) is 14.7 Å². The second-order valence-electron chi connectivity index (χ2n) is 33.7. The number of carboxylic acids is 1. The summed E-state index contributed by atoms with van der Waals surface area (Å²) in [5.74, 6) is 5.14. The van der Waals surface area contributed by atoms with Crippen molar-refractivity contribution in [2.45, 2.75) is 233 Å². The van der Waals surface area contributed by atoms with Crippen molar-refractivity contribution in [2.75, 3.05) is 52.5 Å². The number of carboxylic acid groups (broad SMARTS) is 1. The van der Waals surface area contributed by atoms with Crippen LogP contribution in [-0.2, 0) is 43.5 Å². The van der Waals surface area contributed by atoms with Gasteiger partial charge in [-0.3, -0.25) is 38.7 Å². The quantitative estimate of drug-likeness (QED) is 0.0502. The molecule has 15 rings (SSSR count). The highest BCUT2D eigenvalue weighted by molar-refractivity contribution is 6.01. The van der Waals surface area contributed by atoms with Crippen LogP contribution >= 0.6 is 0 Å². The molecular weight excluding hydrogens is 1430 g/mol. The number of esters is 2. The van der Waals surface area contributed by atoms with Gasteiger partial charge in [-0.25, -0.2) is 8.78 Å². The van der Waals surface area contributed by atoms with Crippen LogP contribution in [0.2, 0.25) is 0 Å². The molecule has 7 aliphatic rings. The lowest BCUT2D eigenvalue weighted by Gasteiger charge is -2.30. The van der Waals surface area contributed by atoms with Crippen molar-refractivity contribution in [2.24, 2.45) is 41.4 Å². The molecule has 1 N–H and O–H groups in total. The molecule has 3 heterocycles. The van der Waals surface area contributed by atoms with Crippen LogP contribution in [0.1, 0.15) is 232 Å². The summed E-state index contributed by atoms with van der Waals surface area (Å²) in [7, 11) is 0. The molecule has 0 amide bonds. The first-order chi connectivity index (χ1) is 54.8. The molecule has 0 aromatic heterocycles. The molecule has 3 saturated heterocycles.